The van der Waals surface area contributed by atoms with Crippen molar-refractivity contribution in [2.24, 2.45) is 0 Å². The van der Waals surface area contributed by atoms with Crippen LogP contribution in [-0.2, 0) is 9.05 Å². The van der Waals surface area contributed by atoms with Crippen LogP contribution in [0.4, 0.5) is 39.5 Å². The third kappa shape index (κ3) is 2.63. The summed E-state index contributed by atoms with van der Waals surface area (Å²) in [5, 5.41) is -19.2. The lowest BCUT2D eigenvalue weighted by Gasteiger charge is -2.38. The molecule has 0 rings (SSSR count). The summed E-state index contributed by atoms with van der Waals surface area (Å²) < 4.78 is 134. The number of hydrogen-bond acceptors (Lipinski definition) is 2. The van der Waals surface area contributed by atoms with Crippen LogP contribution in [0.3, 0.4) is 0 Å². The van der Waals surface area contributed by atoms with Gasteiger partial charge in [0.05, 0.1) is 0 Å². The van der Waals surface area contributed by atoms with Crippen molar-refractivity contribution in [2.45, 2.75) is 27.6 Å². The van der Waals surface area contributed by atoms with E-state index in [1.807, 2.05) is 0 Å². The Balaban J connectivity index is 6.54. The molecule has 0 bridgehead atoms. The van der Waals surface area contributed by atoms with Gasteiger partial charge in [-0.2, -0.15) is 30.7 Å². The van der Waals surface area contributed by atoms with Crippen molar-refractivity contribution in [3.8, 4) is 0 Å². The molecule has 20 heavy (non-hydrogen) atoms. The molecule has 0 spiro atoms. The van der Waals surface area contributed by atoms with Gasteiger partial charge in [0.25, 0.3) is 9.05 Å². The lowest BCUT2D eigenvalue weighted by Crippen LogP contribution is -2.68. The Morgan fingerprint density at radius 2 is 1.05 bits per heavy atom. The molecule has 0 saturated carbocycles. The first-order valence-corrected chi connectivity index (χ1v) is 6.84. The van der Waals surface area contributed by atoms with Crippen LogP contribution in [0.1, 0.15) is 0 Å². The largest absolute Gasteiger partial charge is 0.445 e. The minimum Gasteiger partial charge on any atom is -0.211 e. The lowest BCUT2D eigenvalue weighted by atomic mass is 10.1. The summed E-state index contributed by atoms with van der Waals surface area (Å²) in [5.74, 6) is -7.09. The smallest absolute Gasteiger partial charge is 0.211 e. The summed E-state index contributed by atoms with van der Waals surface area (Å²) in [4.78, 5) is 0. The summed E-state index contributed by atoms with van der Waals surface area (Å²) in [5.41, 5.74) is 0. The first-order valence-electron chi connectivity index (χ1n) is 3.77. The zero-order valence-electron chi connectivity index (χ0n) is 8.26. The second kappa shape index (κ2) is 4.85. The molecule has 0 aromatic heterocycles. The minimum absolute atomic E-state index is 3.72. The Morgan fingerprint density at radius 3 is 1.20 bits per heavy atom. The van der Waals surface area contributed by atoms with E-state index in [-0.39, 0.29) is 0 Å². The monoisotopic (exact) mass is 400 g/mol. The molecule has 122 valence electrons. The van der Waals surface area contributed by atoms with E-state index in [0.29, 0.717) is 0 Å². The molecule has 0 N–H and O–H groups in total. The molecule has 0 aromatic rings. The van der Waals surface area contributed by atoms with Crippen molar-refractivity contribution in [1.29, 1.82) is 0 Å². The van der Waals surface area contributed by atoms with E-state index in [1.54, 1.807) is 0 Å². The third-order valence-electron chi connectivity index (χ3n) is 1.85. The molecule has 0 aliphatic heterocycles. The van der Waals surface area contributed by atoms with Crippen molar-refractivity contribution in [3.05, 3.63) is 0 Å². The summed E-state index contributed by atoms with van der Waals surface area (Å²) >= 11 is 7.56. The van der Waals surface area contributed by atoms with Gasteiger partial charge in [-0.1, -0.05) is 11.6 Å². The minimum atomic E-state index is -7.11. The molecular weight excluding hydrogens is 401 g/mol. The lowest BCUT2D eigenvalue weighted by molar-refractivity contribution is -0.300. The van der Waals surface area contributed by atoms with Gasteiger partial charge < -0.3 is 0 Å². The van der Waals surface area contributed by atoms with Gasteiger partial charge in [-0.25, -0.2) is 17.2 Å². The Bertz CT molecular complexity index is 481. The highest BCUT2D eigenvalue weighted by Gasteiger charge is 2.89. The maximum atomic E-state index is 13.3. The molecule has 0 heterocycles. The Kier molecular flexibility index (Phi) is 4.89. The van der Waals surface area contributed by atoms with Crippen molar-refractivity contribution in [2.75, 3.05) is 0 Å². The standard InChI is InChI=1S/C5Cl3F9O2S/c6-1(9,4(7,13)14)2(10,11)3(12,5(15,16)17)20(8,18)19. The quantitative estimate of drug-likeness (QED) is 0.403. The molecule has 0 radical (unpaired) electrons. The van der Waals surface area contributed by atoms with Gasteiger partial charge in [-0.05, 0) is 11.6 Å². The van der Waals surface area contributed by atoms with Gasteiger partial charge in [0, 0.05) is 10.7 Å². The van der Waals surface area contributed by atoms with Crippen molar-refractivity contribution in [3.63, 3.8) is 0 Å². The van der Waals surface area contributed by atoms with Crippen molar-refractivity contribution in [1.82, 2.24) is 0 Å². The van der Waals surface area contributed by atoms with Crippen LogP contribution in [0.5, 0.6) is 0 Å². The van der Waals surface area contributed by atoms with Crippen LogP contribution in [0.25, 0.3) is 0 Å². The normalized spacial score (nSPS) is 21.2. The SMILES string of the molecule is O=S(=O)(Cl)C(F)(C(F)(F)F)C(F)(F)C(F)(Cl)C(F)(F)Cl. The Morgan fingerprint density at radius 1 is 0.750 bits per heavy atom. The Labute approximate surface area is 119 Å². The van der Waals surface area contributed by atoms with Gasteiger partial charge in [-0.15, -0.1) is 0 Å². The van der Waals surface area contributed by atoms with Crippen LogP contribution < -0.4 is 0 Å². The summed E-state index contributed by atoms with van der Waals surface area (Å²) in [6.45, 7) is 0. The fraction of sp³-hybridized carbons (Fsp3) is 1.00. The molecule has 0 aromatic carbocycles. The topological polar surface area (TPSA) is 34.1 Å². The summed E-state index contributed by atoms with van der Waals surface area (Å²) in [6.07, 6.45) is -7.11. The summed E-state index contributed by atoms with van der Waals surface area (Å²) in [7, 11) is -3.16. The molecule has 2 nitrogen and oxygen atoms in total. The fourth-order valence-corrected chi connectivity index (χ4v) is 2.43. The predicted octanol–water partition coefficient (Wildman–Crippen LogP) is 4.15. The molecular formula is C5Cl3F9O2S. The molecule has 0 amide bonds. The van der Waals surface area contributed by atoms with Gasteiger partial charge in [0.2, 0.25) is 0 Å². The van der Waals surface area contributed by atoms with Gasteiger partial charge in [-0.3, -0.25) is 0 Å². The number of alkyl halides is 11. The highest BCUT2D eigenvalue weighted by Crippen LogP contribution is 2.61. The van der Waals surface area contributed by atoms with E-state index in [0.717, 1.165) is 0 Å². The number of halogens is 12. The van der Waals surface area contributed by atoms with E-state index >= 15 is 0 Å². The van der Waals surface area contributed by atoms with Gasteiger partial charge >= 0.3 is 27.6 Å². The van der Waals surface area contributed by atoms with Crippen LogP contribution >= 0.6 is 33.9 Å². The molecule has 0 fully saturated rings. The summed E-state index contributed by atoms with van der Waals surface area (Å²) in [6, 6.07) is 0. The van der Waals surface area contributed by atoms with E-state index in [2.05, 4.69) is 33.9 Å². The maximum absolute atomic E-state index is 13.3. The Hall–Kier alpha value is 0.190. The second-order valence-electron chi connectivity index (χ2n) is 3.18. The average Bonchev–Trinajstić information content (AvgIpc) is 2.10. The van der Waals surface area contributed by atoms with E-state index < -0.39 is 36.7 Å². The highest BCUT2D eigenvalue weighted by atomic mass is 35.7. The van der Waals surface area contributed by atoms with Gasteiger partial charge in [0.15, 0.2) is 0 Å². The van der Waals surface area contributed by atoms with Crippen molar-refractivity contribution >= 4 is 42.9 Å². The zero-order valence-corrected chi connectivity index (χ0v) is 11.3. The average molecular weight is 401 g/mol. The maximum Gasteiger partial charge on any atom is 0.445 e. The van der Waals surface area contributed by atoms with E-state index in [9.17, 15) is 47.9 Å². The molecule has 0 saturated heterocycles. The van der Waals surface area contributed by atoms with E-state index in [1.165, 1.54) is 0 Å². The molecule has 2 unspecified atom stereocenters. The van der Waals surface area contributed by atoms with Crippen molar-refractivity contribution < 1.29 is 47.9 Å². The molecule has 0 aliphatic rings. The number of hydrogen-bond donors (Lipinski definition) is 0. The van der Waals surface area contributed by atoms with Crippen LogP contribution in [0.15, 0.2) is 0 Å². The molecule has 15 heteroatoms. The second-order valence-corrected chi connectivity index (χ2v) is 6.83. The van der Waals surface area contributed by atoms with Crippen LogP contribution in [0, 0.1) is 0 Å². The molecule has 0 aliphatic carbocycles. The predicted molar refractivity (Wildman–Crippen MR) is 50.1 cm³/mol. The highest BCUT2D eigenvalue weighted by molar-refractivity contribution is 8.14. The number of rotatable bonds is 4. The zero-order chi connectivity index (χ0) is 17.0. The first kappa shape index (κ1) is 20.2. The van der Waals surface area contributed by atoms with Gasteiger partial charge in [0.1, 0.15) is 0 Å². The van der Waals surface area contributed by atoms with E-state index in [4.69, 9.17) is 0 Å². The molecule has 2 atom stereocenters. The van der Waals surface area contributed by atoms with Crippen LogP contribution in [-0.4, -0.2) is 36.0 Å². The first-order chi connectivity index (χ1) is 8.25. The third-order valence-corrected chi connectivity index (χ3v) is 4.48. The fourth-order valence-electron chi connectivity index (χ4n) is 0.849. The van der Waals surface area contributed by atoms with Crippen LogP contribution in [0.2, 0.25) is 0 Å².